The molecule has 0 radical (unpaired) electrons. The molecule has 6 nitrogen and oxygen atoms in total. The lowest BCUT2D eigenvalue weighted by Gasteiger charge is -2.35. The van der Waals surface area contributed by atoms with Crippen molar-refractivity contribution in [3.05, 3.63) is 76.1 Å². The van der Waals surface area contributed by atoms with Gasteiger partial charge in [0.05, 0.1) is 24.3 Å². The molecule has 2 atom stereocenters. The highest BCUT2D eigenvalue weighted by atomic mass is 16.5. The molecule has 0 spiro atoms. The number of aromatic nitrogens is 1. The lowest BCUT2D eigenvalue weighted by molar-refractivity contribution is 0.0402. The van der Waals surface area contributed by atoms with Gasteiger partial charge in [0.1, 0.15) is 5.75 Å². The van der Waals surface area contributed by atoms with Crippen molar-refractivity contribution in [1.82, 2.24) is 9.88 Å². The van der Waals surface area contributed by atoms with Crippen LogP contribution in [0.25, 0.3) is 10.9 Å². The number of aliphatic hydroxyl groups excluding tert-OH is 1. The number of aliphatic hydroxyl groups is 1. The minimum absolute atomic E-state index is 0.0385. The second-order valence-electron chi connectivity index (χ2n) is 7.47. The summed E-state index contributed by atoms with van der Waals surface area (Å²) in [7, 11) is 1.56. The van der Waals surface area contributed by atoms with Gasteiger partial charge in [-0.05, 0) is 30.5 Å². The van der Waals surface area contributed by atoms with Gasteiger partial charge in [-0.3, -0.25) is 9.59 Å². The largest absolute Gasteiger partial charge is 0.497 e. The van der Waals surface area contributed by atoms with Crippen LogP contribution in [0, 0.1) is 5.92 Å². The van der Waals surface area contributed by atoms with Gasteiger partial charge in [0.15, 0.2) is 0 Å². The average Bonchev–Trinajstić information content (AvgIpc) is 2.77. The molecule has 3 aromatic rings. The van der Waals surface area contributed by atoms with E-state index in [4.69, 9.17) is 4.74 Å². The van der Waals surface area contributed by atoms with Crippen molar-refractivity contribution in [2.24, 2.45) is 5.92 Å². The first-order valence-electron chi connectivity index (χ1n) is 9.80. The Morgan fingerprint density at radius 2 is 2.00 bits per heavy atom. The molecule has 0 bridgehead atoms. The minimum Gasteiger partial charge on any atom is -0.497 e. The second-order valence-corrected chi connectivity index (χ2v) is 7.47. The maximum absolute atomic E-state index is 13.3. The summed E-state index contributed by atoms with van der Waals surface area (Å²) in [5.74, 6) is 0.390. The number of piperidine rings is 1. The third-order valence-corrected chi connectivity index (χ3v) is 5.61. The quantitative estimate of drug-likeness (QED) is 0.715. The third-order valence-electron chi connectivity index (χ3n) is 5.61. The van der Waals surface area contributed by atoms with E-state index in [0.717, 1.165) is 18.4 Å². The zero-order valence-corrected chi connectivity index (χ0v) is 16.3. The monoisotopic (exact) mass is 392 g/mol. The number of pyridine rings is 1. The number of hydrogen-bond acceptors (Lipinski definition) is 4. The van der Waals surface area contributed by atoms with E-state index in [-0.39, 0.29) is 17.4 Å². The molecule has 1 amide bonds. The first-order valence-corrected chi connectivity index (χ1v) is 9.80. The fourth-order valence-corrected chi connectivity index (χ4v) is 4.09. The van der Waals surface area contributed by atoms with Crippen molar-refractivity contribution >= 4 is 16.8 Å². The van der Waals surface area contributed by atoms with Gasteiger partial charge in [0.2, 0.25) is 5.56 Å². The van der Waals surface area contributed by atoms with Crippen LogP contribution in [0.2, 0.25) is 0 Å². The number of benzene rings is 2. The van der Waals surface area contributed by atoms with Crippen LogP contribution in [0.15, 0.2) is 59.4 Å². The Labute approximate surface area is 168 Å². The van der Waals surface area contributed by atoms with E-state index >= 15 is 0 Å². The van der Waals surface area contributed by atoms with Gasteiger partial charge in [-0.2, -0.15) is 0 Å². The number of carbonyl (C=O) groups is 1. The highest BCUT2D eigenvalue weighted by Crippen LogP contribution is 2.31. The van der Waals surface area contributed by atoms with Gasteiger partial charge in [-0.25, -0.2) is 0 Å². The number of nitrogens with zero attached hydrogens (tertiary/aromatic N) is 1. The Bertz CT molecular complexity index is 1080. The lowest BCUT2D eigenvalue weighted by atomic mass is 9.88. The number of fused-ring (bicyclic) bond motifs is 1. The average molecular weight is 392 g/mol. The van der Waals surface area contributed by atoms with E-state index < -0.39 is 6.10 Å². The van der Waals surface area contributed by atoms with Gasteiger partial charge in [0.25, 0.3) is 5.91 Å². The zero-order chi connectivity index (χ0) is 20.4. The number of ether oxygens (including phenoxy) is 1. The van der Waals surface area contributed by atoms with Crippen molar-refractivity contribution < 1.29 is 14.6 Å². The summed E-state index contributed by atoms with van der Waals surface area (Å²) in [6.07, 6.45) is 1.05. The molecule has 6 heteroatoms. The number of aromatic amines is 1. The van der Waals surface area contributed by atoms with Crippen LogP contribution in [0.3, 0.4) is 0 Å². The maximum Gasteiger partial charge on any atom is 0.254 e. The number of methoxy groups -OCH3 is 1. The smallest absolute Gasteiger partial charge is 0.254 e. The Morgan fingerprint density at radius 3 is 2.76 bits per heavy atom. The van der Waals surface area contributed by atoms with Gasteiger partial charge >= 0.3 is 0 Å². The SMILES string of the molecule is COc1ccc2c(C(=O)N3CCCC(C(O)c4ccccc4)C3)cc(=O)[nH]c2c1. The summed E-state index contributed by atoms with van der Waals surface area (Å²) in [5.41, 5.74) is 1.48. The highest BCUT2D eigenvalue weighted by molar-refractivity contribution is 6.06. The van der Waals surface area contributed by atoms with Gasteiger partial charge in [0, 0.05) is 36.5 Å². The van der Waals surface area contributed by atoms with Crippen LogP contribution in [-0.2, 0) is 0 Å². The van der Waals surface area contributed by atoms with E-state index in [1.165, 1.54) is 6.07 Å². The summed E-state index contributed by atoms with van der Waals surface area (Å²) in [4.78, 5) is 29.9. The molecular weight excluding hydrogens is 368 g/mol. The molecular formula is C23H24N2O4. The van der Waals surface area contributed by atoms with Gasteiger partial charge in [-0.1, -0.05) is 30.3 Å². The van der Waals surface area contributed by atoms with Crippen LogP contribution in [0.4, 0.5) is 0 Å². The Balaban J connectivity index is 1.62. The molecule has 2 aromatic carbocycles. The summed E-state index contributed by atoms with van der Waals surface area (Å²) < 4.78 is 5.22. The molecule has 2 heterocycles. The molecule has 1 aliphatic rings. The number of H-pyrrole nitrogens is 1. The maximum atomic E-state index is 13.3. The molecule has 1 saturated heterocycles. The molecule has 0 saturated carbocycles. The summed E-state index contributed by atoms with van der Waals surface area (Å²) >= 11 is 0. The van der Waals surface area contributed by atoms with Crippen molar-refractivity contribution in [1.29, 1.82) is 0 Å². The minimum atomic E-state index is -0.619. The Hall–Kier alpha value is -3.12. The highest BCUT2D eigenvalue weighted by Gasteiger charge is 2.30. The molecule has 2 unspecified atom stereocenters. The van der Waals surface area contributed by atoms with Crippen molar-refractivity contribution in [2.75, 3.05) is 20.2 Å². The second kappa shape index (κ2) is 8.09. The number of likely N-dealkylation sites (tertiary alicyclic amines) is 1. The van der Waals surface area contributed by atoms with Crippen LogP contribution in [-0.4, -0.2) is 41.1 Å². The number of rotatable bonds is 4. The van der Waals surface area contributed by atoms with E-state index in [0.29, 0.717) is 35.3 Å². The van der Waals surface area contributed by atoms with E-state index in [2.05, 4.69) is 4.98 Å². The fourth-order valence-electron chi connectivity index (χ4n) is 4.09. The van der Waals surface area contributed by atoms with Crippen LogP contribution >= 0.6 is 0 Å². The van der Waals surface area contributed by atoms with E-state index in [9.17, 15) is 14.7 Å². The summed E-state index contributed by atoms with van der Waals surface area (Å²) in [6, 6.07) is 16.2. The molecule has 0 aliphatic carbocycles. The van der Waals surface area contributed by atoms with Crippen molar-refractivity contribution in [3.63, 3.8) is 0 Å². The van der Waals surface area contributed by atoms with Crippen molar-refractivity contribution in [2.45, 2.75) is 18.9 Å². The van der Waals surface area contributed by atoms with E-state index in [1.54, 1.807) is 30.2 Å². The molecule has 1 aromatic heterocycles. The number of carbonyl (C=O) groups excluding carboxylic acids is 1. The number of amides is 1. The Morgan fingerprint density at radius 1 is 1.21 bits per heavy atom. The Kier molecular flexibility index (Phi) is 5.36. The van der Waals surface area contributed by atoms with Crippen molar-refractivity contribution in [3.8, 4) is 5.75 Å². The molecule has 1 fully saturated rings. The topological polar surface area (TPSA) is 82.6 Å². The predicted molar refractivity (Wildman–Crippen MR) is 111 cm³/mol. The molecule has 2 N–H and O–H groups in total. The summed E-state index contributed by atoms with van der Waals surface area (Å²) in [6.45, 7) is 1.07. The van der Waals surface area contributed by atoms with Gasteiger partial charge in [-0.15, -0.1) is 0 Å². The normalized spacial score (nSPS) is 17.9. The number of hydrogen-bond donors (Lipinski definition) is 2. The van der Waals surface area contributed by atoms with Crippen LogP contribution in [0.5, 0.6) is 5.75 Å². The van der Waals surface area contributed by atoms with Crippen LogP contribution < -0.4 is 10.3 Å². The van der Waals surface area contributed by atoms with E-state index in [1.807, 2.05) is 30.3 Å². The predicted octanol–water partition coefficient (Wildman–Crippen LogP) is 3.12. The molecule has 29 heavy (non-hydrogen) atoms. The fraction of sp³-hybridized carbons (Fsp3) is 0.304. The third kappa shape index (κ3) is 3.89. The zero-order valence-electron chi connectivity index (χ0n) is 16.3. The number of nitrogens with one attached hydrogen (secondary N) is 1. The molecule has 1 aliphatic heterocycles. The van der Waals surface area contributed by atoms with Gasteiger partial charge < -0.3 is 19.7 Å². The standard InChI is InChI=1S/C23H24N2O4/c1-29-17-9-10-18-19(13-21(26)24-20(18)12-17)23(28)25-11-5-8-16(14-25)22(27)15-6-3-2-4-7-15/h2-4,6-7,9-10,12-13,16,22,27H,5,8,11,14H2,1H3,(H,24,26). The lowest BCUT2D eigenvalue weighted by Crippen LogP contribution is -2.42. The first-order chi connectivity index (χ1) is 14.1. The molecule has 4 rings (SSSR count). The summed E-state index contributed by atoms with van der Waals surface area (Å²) in [5, 5.41) is 11.5. The van der Waals surface area contributed by atoms with Crippen LogP contribution in [0.1, 0.15) is 34.9 Å². The molecule has 150 valence electrons. The first kappa shape index (κ1) is 19.2.